The lowest BCUT2D eigenvalue weighted by molar-refractivity contribution is -0.385. The summed E-state index contributed by atoms with van der Waals surface area (Å²) in [5, 5.41) is 15.1. The number of ether oxygens (including phenoxy) is 1. The molecule has 0 amide bonds. The molecule has 94 valence electrons. The van der Waals surface area contributed by atoms with Crippen LogP contribution in [0.25, 0.3) is 0 Å². The zero-order valence-corrected chi connectivity index (χ0v) is 10.5. The maximum atomic E-state index is 10.9. The lowest BCUT2D eigenvalue weighted by Gasteiger charge is -2.06. The van der Waals surface area contributed by atoms with Crippen LogP contribution in [-0.4, -0.2) is 14.7 Å². The van der Waals surface area contributed by atoms with Crippen molar-refractivity contribution in [2.45, 2.75) is 6.92 Å². The molecule has 2 rings (SSSR count). The number of halogens is 1. The number of nitro benzene ring substituents is 1. The van der Waals surface area contributed by atoms with E-state index in [0.29, 0.717) is 5.88 Å². The molecular weight excluding hydrogens is 258 g/mol. The average Bonchev–Trinajstić information content (AvgIpc) is 2.57. The van der Waals surface area contributed by atoms with E-state index in [4.69, 9.17) is 16.3 Å². The molecule has 0 radical (unpaired) electrons. The molecule has 0 aliphatic carbocycles. The van der Waals surface area contributed by atoms with Gasteiger partial charge in [-0.05, 0) is 19.1 Å². The lowest BCUT2D eigenvalue weighted by atomic mass is 10.3. The first-order chi connectivity index (χ1) is 8.49. The Labute approximate surface area is 108 Å². The molecule has 1 aromatic carbocycles. The average molecular weight is 268 g/mol. The van der Waals surface area contributed by atoms with E-state index in [1.807, 2.05) is 0 Å². The van der Waals surface area contributed by atoms with Gasteiger partial charge in [-0.2, -0.15) is 5.10 Å². The first-order valence-corrected chi connectivity index (χ1v) is 5.48. The van der Waals surface area contributed by atoms with Crippen molar-refractivity contribution >= 4 is 17.3 Å². The number of benzene rings is 1. The zero-order valence-electron chi connectivity index (χ0n) is 9.75. The summed E-state index contributed by atoms with van der Waals surface area (Å²) in [4.78, 5) is 10.4. The van der Waals surface area contributed by atoms with Crippen molar-refractivity contribution in [2.75, 3.05) is 0 Å². The highest BCUT2D eigenvalue weighted by atomic mass is 35.5. The zero-order chi connectivity index (χ0) is 13.3. The van der Waals surface area contributed by atoms with Crippen LogP contribution in [0.1, 0.15) is 5.69 Å². The highest BCUT2D eigenvalue weighted by molar-refractivity contribution is 6.32. The summed E-state index contributed by atoms with van der Waals surface area (Å²) < 4.78 is 6.98. The molecule has 6 nitrogen and oxygen atoms in total. The summed E-state index contributed by atoms with van der Waals surface area (Å²) in [5.41, 5.74) is 0.509. The van der Waals surface area contributed by atoms with Gasteiger partial charge < -0.3 is 4.74 Å². The second-order valence-electron chi connectivity index (χ2n) is 3.69. The molecule has 0 saturated carbocycles. The summed E-state index contributed by atoms with van der Waals surface area (Å²) in [7, 11) is 1.69. The molecule has 1 aromatic heterocycles. The second-order valence-corrected chi connectivity index (χ2v) is 4.10. The molecule has 0 fully saturated rings. The van der Waals surface area contributed by atoms with Gasteiger partial charge in [-0.15, -0.1) is 0 Å². The van der Waals surface area contributed by atoms with Crippen molar-refractivity contribution < 1.29 is 9.66 Å². The first-order valence-electron chi connectivity index (χ1n) is 5.10. The monoisotopic (exact) mass is 267 g/mol. The Hall–Kier alpha value is -2.08. The number of aryl methyl sites for hydroxylation is 2. The van der Waals surface area contributed by atoms with Crippen LogP contribution in [0.3, 0.4) is 0 Å². The van der Waals surface area contributed by atoms with E-state index in [-0.39, 0.29) is 16.5 Å². The third-order valence-electron chi connectivity index (χ3n) is 2.31. The van der Waals surface area contributed by atoms with Gasteiger partial charge in [0.25, 0.3) is 0 Å². The topological polar surface area (TPSA) is 70.2 Å². The van der Waals surface area contributed by atoms with E-state index < -0.39 is 4.92 Å². The van der Waals surface area contributed by atoms with Gasteiger partial charge in [-0.25, -0.2) is 4.68 Å². The van der Waals surface area contributed by atoms with Crippen LogP contribution in [0, 0.1) is 17.0 Å². The van der Waals surface area contributed by atoms with Crippen LogP contribution in [0.4, 0.5) is 5.69 Å². The van der Waals surface area contributed by atoms with Gasteiger partial charge in [0.2, 0.25) is 11.6 Å². The van der Waals surface area contributed by atoms with E-state index in [1.165, 1.54) is 16.8 Å². The van der Waals surface area contributed by atoms with Crippen LogP contribution in [0.15, 0.2) is 24.3 Å². The fraction of sp³-hybridized carbons (Fsp3) is 0.182. The fourth-order valence-corrected chi connectivity index (χ4v) is 1.79. The molecule has 7 heteroatoms. The Morgan fingerprint density at radius 3 is 2.78 bits per heavy atom. The third kappa shape index (κ3) is 2.28. The van der Waals surface area contributed by atoms with Gasteiger partial charge >= 0.3 is 5.69 Å². The number of hydrogen-bond donors (Lipinski definition) is 0. The SMILES string of the molecule is Cc1cc(Oc2cccc(Cl)c2[N+](=O)[O-])n(C)n1. The summed E-state index contributed by atoms with van der Waals surface area (Å²) in [6.07, 6.45) is 0. The number of rotatable bonds is 3. The van der Waals surface area contributed by atoms with Gasteiger partial charge in [0.1, 0.15) is 5.02 Å². The minimum absolute atomic E-state index is 0.0383. The van der Waals surface area contributed by atoms with Gasteiger partial charge in [0.15, 0.2) is 0 Å². The van der Waals surface area contributed by atoms with Crippen LogP contribution in [0.5, 0.6) is 11.6 Å². The maximum absolute atomic E-state index is 10.9. The Balaban J connectivity index is 2.43. The molecule has 0 N–H and O–H groups in total. The van der Waals surface area contributed by atoms with Gasteiger partial charge in [0, 0.05) is 13.1 Å². The Morgan fingerprint density at radius 1 is 1.50 bits per heavy atom. The quantitative estimate of drug-likeness (QED) is 0.633. The second kappa shape index (κ2) is 4.66. The van der Waals surface area contributed by atoms with Crippen LogP contribution >= 0.6 is 11.6 Å². The summed E-state index contributed by atoms with van der Waals surface area (Å²) in [6.45, 7) is 1.80. The standard InChI is InChI=1S/C11H10ClN3O3/c1-7-6-10(14(2)13-7)18-9-5-3-4-8(12)11(9)15(16)17/h3-6H,1-2H3. The Kier molecular flexibility index (Phi) is 3.20. The van der Waals surface area contributed by atoms with E-state index in [2.05, 4.69) is 5.10 Å². The molecular formula is C11H10ClN3O3. The highest BCUT2D eigenvalue weighted by Crippen LogP contribution is 2.36. The van der Waals surface area contributed by atoms with Crippen molar-refractivity contribution in [3.63, 3.8) is 0 Å². The fourth-order valence-electron chi connectivity index (χ4n) is 1.55. The number of nitrogens with zero attached hydrogens (tertiary/aromatic N) is 3. The lowest BCUT2D eigenvalue weighted by Crippen LogP contribution is -1.98. The molecule has 0 aliphatic heterocycles. The van der Waals surface area contributed by atoms with E-state index in [1.54, 1.807) is 26.1 Å². The largest absolute Gasteiger partial charge is 0.432 e. The van der Waals surface area contributed by atoms with Crippen molar-refractivity contribution in [3.05, 3.63) is 45.1 Å². The predicted octanol–water partition coefficient (Wildman–Crippen LogP) is 3.08. The van der Waals surface area contributed by atoms with E-state index >= 15 is 0 Å². The minimum Gasteiger partial charge on any atom is -0.432 e. The summed E-state index contributed by atoms with van der Waals surface area (Å²) in [5.74, 6) is 0.508. The smallest absolute Gasteiger partial charge is 0.330 e. The predicted molar refractivity (Wildman–Crippen MR) is 66.1 cm³/mol. The molecule has 0 saturated heterocycles. The Morgan fingerprint density at radius 2 is 2.22 bits per heavy atom. The molecule has 0 spiro atoms. The van der Waals surface area contributed by atoms with Gasteiger partial charge in [-0.3, -0.25) is 10.1 Å². The molecule has 2 aromatic rings. The van der Waals surface area contributed by atoms with Crippen LogP contribution < -0.4 is 4.74 Å². The minimum atomic E-state index is -0.569. The van der Waals surface area contributed by atoms with E-state index in [0.717, 1.165) is 5.69 Å². The van der Waals surface area contributed by atoms with Crippen molar-refractivity contribution in [1.82, 2.24) is 9.78 Å². The number of para-hydroxylation sites is 1. The first kappa shape index (κ1) is 12.4. The van der Waals surface area contributed by atoms with Crippen molar-refractivity contribution in [1.29, 1.82) is 0 Å². The van der Waals surface area contributed by atoms with Gasteiger partial charge in [0.05, 0.1) is 10.6 Å². The van der Waals surface area contributed by atoms with Crippen LogP contribution in [0.2, 0.25) is 5.02 Å². The Bertz CT molecular complexity index is 610. The molecule has 18 heavy (non-hydrogen) atoms. The van der Waals surface area contributed by atoms with Gasteiger partial charge in [-0.1, -0.05) is 17.7 Å². The highest BCUT2D eigenvalue weighted by Gasteiger charge is 2.21. The molecule has 0 unspecified atom stereocenters. The molecule has 0 atom stereocenters. The van der Waals surface area contributed by atoms with E-state index in [9.17, 15) is 10.1 Å². The normalized spacial score (nSPS) is 10.4. The molecule has 0 aliphatic rings. The number of nitro groups is 1. The third-order valence-corrected chi connectivity index (χ3v) is 2.61. The maximum Gasteiger partial charge on any atom is 0.330 e. The van der Waals surface area contributed by atoms with Crippen molar-refractivity contribution in [3.8, 4) is 11.6 Å². The molecule has 0 bridgehead atoms. The molecule has 1 heterocycles. The summed E-state index contributed by atoms with van der Waals surface area (Å²) >= 11 is 5.79. The van der Waals surface area contributed by atoms with Crippen molar-refractivity contribution in [2.24, 2.45) is 7.05 Å². The number of aromatic nitrogens is 2. The summed E-state index contributed by atoms with van der Waals surface area (Å²) in [6, 6.07) is 6.21. The van der Waals surface area contributed by atoms with Crippen LogP contribution in [-0.2, 0) is 7.05 Å². The number of hydrogen-bond acceptors (Lipinski definition) is 4.